The summed E-state index contributed by atoms with van der Waals surface area (Å²) in [4.78, 5) is 23.7. The minimum atomic E-state index is -1.01. The van der Waals surface area contributed by atoms with Gasteiger partial charge < -0.3 is 10.1 Å². The van der Waals surface area contributed by atoms with E-state index in [0.717, 1.165) is 28.1 Å². The monoisotopic (exact) mass is 364 g/mol. The van der Waals surface area contributed by atoms with Gasteiger partial charge in [-0.05, 0) is 31.2 Å². The Morgan fingerprint density at radius 3 is 2.69 bits per heavy atom. The maximum Gasteiger partial charge on any atom is 0.354 e. The fraction of sp³-hybridized carbons (Fsp3) is 0.105. The summed E-state index contributed by atoms with van der Waals surface area (Å²) in [7, 11) is 0. The smallest absolute Gasteiger partial charge is 0.354 e. The molecule has 0 radical (unpaired) electrons. The van der Waals surface area contributed by atoms with Crippen molar-refractivity contribution in [3.63, 3.8) is 0 Å². The lowest BCUT2D eigenvalue weighted by Crippen LogP contribution is -2.07. The van der Waals surface area contributed by atoms with E-state index in [9.17, 15) is 9.90 Å². The van der Waals surface area contributed by atoms with Gasteiger partial charge in [0.2, 0.25) is 0 Å². The van der Waals surface area contributed by atoms with Gasteiger partial charge in [0.25, 0.3) is 0 Å². The second kappa shape index (κ2) is 6.68. The maximum absolute atomic E-state index is 11.6. The predicted octanol–water partition coefficient (Wildman–Crippen LogP) is 4.05. The van der Waals surface area contributed by atoms with Crippen molar-refractivity contribution < 1.29 is 9.90 Å². The number of carbonyl (C=O) groups is 1. The van der Waals surface area contributed by atoms with E-state index in [1.165, 1.54) is 18.0 Å². The van der Waals surface area contributed by atoms with Gasteiger partial charge in [0.05, 0.1) is 23.0 Å². The molecule has 0 fully saturated rings. The summed E-state index contributed by atoms with van der Waals surface area (Å²) in [5.74, 6) is 0.386. The molecule has 0 bridgehead atoms. The standard InChI is InChI=1S/C19H16N4O2S/c1-12-6-8-13(9-7-12)23-16(18(24)25)10-20-19(23)26-11-17-21-14-4-2-3-5-15(14)22-17/h2-10H,11H2,1H3,(H,21,22)(H,24,25). The molecule has 7 heteroatoms. The van der Waals surface area contributed by atoms with E-state index in [0.29, 0.717) is 10.9 Å². The number of hydrogen-bond donors (Lipinski definition) is 2. The maximum atomic E-state index is 11.6. The molecule has 4 rings (SSSR count). The van der Waals surface area contributed by atoms with Gasteiger partial charge in [0.15, 0.2) is 10.9 Å². The van der Waals surface area contributed by atoms with E-state index in [-0.39, 0.29) is 5.69 Å². The average Bonchev–Trinajstić information content (AvgIpc) is 3.24. The Morgan fingerprint density at radius 1 is 1.19 bits per heavy atom. The van der Waals surface area contributed by atoms with Crippen LogP contribution in [0.3, 0.4) is 0 Å². The molecule has 6 nitrogen and oxygen atoms in total. The highest BCUT2D eigenvalue weighted by molar-refractivity contribution is 7.98. The Balaban J connectivity index is 1.65. The molecule has 0 aliphatic heterocycles. The van der Waals surface area contributed by atoms with Crippen molar-refractivity contribution in [2.45, 2.75) is 17.8 Å². The molecule has 2 aromatic heterocycles. The number of aromatic carboxylic acids is 1. The minimum Gasteiger partial charge on any atom is -0.477 e. The van der Waals surface area contributed by atoms with Crippen molar-refractivity contribution in [1.82, 2.24) is 19.5 Å². The number of rotatable bonds is 5. The molecule has 130 valence electrons. The van der Waals surface area contributed by atoms with E-state index in [2.05, 4.69) is 15.0 Å². The van der Waals surface area contributed by atoms with Gasteiger partial charge in [-0.1, -0.05) is 41.6 Å². The molecule has 0 saturated carbocycles. The summed E-state index contributed by atoms with van der Waals surface area (Å²) in [6, 6.07) is 15.5. The molecule has 0 unspecified atom stereocenters. The lowest BCUT2D eigenvalue weighted by molar-refractivity contribution is 0.0687. The van der Waals surface area contributed by atoms with E-state index in [4.69, 9.17) is 0 Å². The van der Waals surface area contributed by atoms with Crippen LogP contribution in [0.25, 0.3) is 16.7 Å². The number of nitrogens with one attached hydrogen (secondary N) is 1. The van der Waals surface area contributed by atoms with Gasteiger partial charge in [0, 0.05) is 5.69 Å². The van der Waals surface area contributed by atoms with Gasteiger partial charge in [0.1, 0.15) is 5.82 Å². The molecule has 0 atom stereocenters. The molecular weight excluding hydrogens is 348 g/mol. The van der Waals surface area contributed by atoms with Crippen LogP contribution in [0.4, 0.5) is 0 Å². The quantitative estimate of drug-likeness (QED) is 0.522. The number of aromatic amines is 1. The molecule has 0 spiro atoms. The lowest BCUT2D eigenvalue weighted by atomic mass is 10.2. The number of fused-ring (bicyclic) bond motifs is 1. The highest BCUT2D eigenvalue weighted by Crippen LogP contribution is 2.26. The summed E-state index contributed by atoms with van der Waals surface area (Å²) in [6.45, 7) is 1.99. The van der Waals surface area contributed by atoms with E-state index in [1.807, 2.05) is 55.5 Å². The zero-order valence-corrected chi connectivity index (χ0v) is 14.8. The third-order valence-corrected chi connectivity index (χ3v) is 4.98. The van der Waals surface area contributed by atoms with Crippen molar-refractivity contribution in [2.24, 2.45) is 0 Å². The van der Waals surface area contributed by atoms with E-state index in [1.54, 1.807) is 4.57 Å². The number of imidazole rings is 2. The molecule has 0 saturated heterocycles. The second-order valence-electron chi connectivity index (χ2n) is 5.89. The first-order valence-electron chi connectivity index (χ1n) is 8.06. The van der Waals surface area contributed by atoms with Crippen LogP contribution in [0.15, 0.2) is 59.9 Å². The van der Waals surface area contributed by atoms with Crippen LogP contribution in [0, 0.1) is 6.92 Å². The van der Waals surface area contributed by atoms with Crippen molar-refractivity contribution in [3.8, 4) is 5.69 Å². The molecular formula is C19H16N4O2S. The molecule has 0 aliphatic carbocycles. The number of carboxylic acids is 1. The van der Waals surface area contributed by atoms with Crippen LogP contribution in [-0.2, 0) is 5.75 Å². The van der Waals surface area contributed by atoms with Gasteiger partial charge in [-0.15, -0.1) is 0 Å². The Bertz CT molecular complexity index is 1050. The zero-order chi connectivity index (χ0) is 18.1. The fourth-order valence-electron chi connectivity index (χ4n) is 2.74. The number of para-hydroxylation sites is 2. The molecule has 0 aliphatic rings. The van der Waals surface area contributed by atoms with Crippen molar-refractivity contribution in [2.75, 3.05) is 0 Å². The molecule has 4 aromatic rings. The zero-order valence-electron chi connectivity index (χ0n) is 14.0. The van der Waals surface area contributed by atoms with Gasteiger partial charge >= 0.3 is 5.97 Å². The number of hydrogen-bond acceptors (Lipinski definition) is 4. The fourth-order valence-corrected chi connectivity index (χ4v) is 3.60. The first-order chi connectivity index (χ1) is 12.6. The van der Waals surface area contributed by atoms with Crippen LogP contribution in [0.5, 0.6) is 0 Å². The van der Waals surface area contributed by atoms with E-state index >= 15 is 0 Å². The first kappa shape index (κ1) is 16.4. The Kier molecular flexibility index (Phi) is 4.22. The Morgan fingerprint density at radius 2 is 1.96 bits per heavy atom. The van der Waals surface area contributed by atoms with Gasteiger partial charge in [-0.25, -0.2) is 14.8 Å². The number of carboxylic acid groups (broad SMARTS) is 1. The molecule has 2 heterocycles. The highest BCUT2D eigenvalue weighted by atomic mass is 32.2. The van der Waals surface area contributed by atoms with Crippen LogP contribution < -0.4 is 0 Å². The Labute approximate surface area is 153 Å². The van der Waals surface area contributed by atoms with Gasteiger partial charge in [-0.3, -0.25) is 4.57 Å². The summed E-state index contributed by atoms with van der Waals surface area (Å²) < 4.78 is 1.66. The summed E-state index contributed by atoms with van der Waals surface area (Å²) in [5.41, 5.74) is 3.92. The second-order valence-corrected chi connectivity index (χ2v) is 6.83. The van der Waals surface area contributed by atoms with Gasteiger partial charge in [-0.2, -0.15) is 0 Å². The first-order valence-corrected chi connectivity index (χ1v) is 9.05. The number of H-pyrrole nitrogens is 1. The minimum absolute atomic E-state index is 0.140. The number of thioether (sulfide) groups is 1. The third-order valence-electron chi connectivity index (χ3n) is 4.02. The van der Waals surface area contributed by atoms with Crippen molar-refractivity contribution in [3.05, 3.63) is 71.8 Å². The molecule has 2 aromatic carbocycles. The number of aryl methyl sites for hydroxylation is 1. The normalized spacial score (nSPS) is 11.1. The lowest BCUT2D eigenvalue weighted by Gasteiger charge is -2.09. The highest BCUT2D eigenvalue weighted by Gasteiger charge is 2.18. The molecule has 0 amide bonds. The van der Waals surface area contributed by atoms with Crippen LogP contribution in [-0.4, -0.2) is 30.6 Å². The third kappa shape index (κ3) is 3.09. The number of aromatic nitrogens is 4. The topological polar surface area (TPSA) is 83.8 Å². The largest absolute Gasteiger partial charge is 0.477 e. The van der Waals surface area contributed by atoms with Crippen LogP contribution >= 0.6 is 11.8 Å². The summed E-state index contributed by atoms with van der Waals surface area (Å²) in [6.07, 6.45) is 1.39. The molecule has 26 heavy (non-hydrogen) atoms. The van der Waals surface area contributed by atoms with Crippen LogP contribution in [0.2, 0.25) is 0 Å². The van der Waals surface area contributed by atoms with Crippen molar-refractivity contribution >= 4 is 28.8 Å². The average molecular weight is 364 g/mol. The predicted molar refractivity (Wildman–Crippen MR) is 101 cm³/mol. The number of nitrogens with zero attached hydrogens (tertiary/aromatic N) is 3. The summed E-state index contributed by atoms with van der Waals surface area (Å²) >= 11 is 1.45. The molecule has 2 N–H and O–H groups in total. The summed E-state index contributed by atoms with van der Waals surface area (Å²) in [5, 5.41) is 10.1. The SMILES string of the molecule is Cc1ccc(-n2c(C(=O)O)cnc2SCc2nc3ccccc3[nH]2)cc1. The van der Waals surface area contributed by atoms with E-state index < -0.39 is 5.97 Å². The van der Waals surface area contributed by atoms with Crippen LogP contribution in [0.1, 0.15) is 21.9 Å². The van der Waals surface area contributed by atoms with Crippen molar-refractivity contribution in [1.29, 1.82) is 0 Å². The Hall–Kier alpha value is -3.06. The number of benzene rings is 2.